The van der Waals surface area contributed by atoms with Crippen molar-refractivity contribution in [1.82, 2.24) is 5.32 Å². The fraction of sp³-hybridized carbons (Fsp3) is 0.182. The molecule has 1 aromatic rings. The van der Waals surface area contributed by atoms with E-state index in [1.807, 2.05) is 36.4 Å². The van der Waals surface area contributed by atoms with Crippen molar-refractivity contribution in [3.05, 3.63) is 42.1 Å². The number of carbonyl (C=O) groups is 1. The van der Waals surface area contributed by atoms with E-state index in [0.29, 0.717) is 0 Å². The van der Waals surface area contributed by atoms with Gasteiger partial charge in [-0.25, -0.2) is 0 Å². The first-order chi connectivity index (χ1) is 6.70. The van der Waals surface area contributed by atoms with Crippen LogP contribution in [0.4, 0.5) is 0 Å². The predicted octanol–water partition coefficient (Wildman–Crippen LogP) is 1.12. The van der Waals surface area contributed by atoms with Crippen LogP contribution in [0.2, 0.25) is 0 Å². The number of benzene rings is 1. The Bertz CT molecular complexity index is 317. The summed E-state index contributed by atoms with van der Waals surface area (Å²) in [6.45, 7) is 1.64. The summed E-state index contributed by atoms with van der Waals surface area (Å²) in [6.07, 6.45) is 3.42. The summed E-state index contributed by atoms with van der Waals surface area (Å²) in [5, 5.41) is 2.59. The molecule has 0 aliphatic heterocycles. The largest absolute Gasteiger partial charge is 0.331 e. The molecule has 0 bridgehead atoms. The van der Waals surface area contributed by atoms with Crippen LogP contribution in [0.15, 0.2) is 36.5 Å². The molecule has 0 spiro atoms. The first-order valence-corrected chi connectivity index (χ1v) is 4.47. The molecule has 0 aliphatic rings. The first-order valence-electron chi connectivity index (χ1n) is 4.47. The van der Waals surface area contributed by atoms with Crippen molar-refractivity contribution in [2.75, 3.05) is 0 Å². The van der Waals surface area contributed by atoms with Gasteiger partial charge in [-0.2, -0.15) is 0 Å². The molecule has 1 rings (SSSR count). The van der Waals surface area contributed by atoms with Crippen LogP contribution in [0.3, 0.4) is 0 Å². The molecule has 3 N–H and O–H groups in total. The molecule has 14 heavy (non-hydrogen) atoms. The quantitative estimate of drug-likeness (QED) is 0.750. The van der Waals surface area contributed by atoms with Crippen LogP contribution in [0, 0.1) is 0 Å². The summed E-state index contributed by atoms with van der Waals surface area (Å²) < 4.78 is 0. The van der Waals surface area contributed by atoms with E-state index in [9.17, 15) is 4.79 Å². The summed E-state index contributed by atoms with van der Waals surface area (Å²) in [5.74, 6) is -0.183. The Morgan fingerprint density at radius 2 is 2.07 bits per heavy atom. The number of hydrogen-bond acceptors (Lipinski definition) is 2. The maximum atomic E-state index is 11.0. The van der Waals surface area contributed by atoms with E-state index < -0.39 is 6.04 Å². The van der Waals surface area contributed by atoms with E-state index in [4.69, 9.17) is 5.73 Å². The van der Waals surface area contributed by atoms with Crippen molar-refractivity contribution >= 4 is 12.0 Å². The molecular weight excluding hydrogens is 176 g/mol. The molecule has 74 valence electrons. The zero-order chi connectivity index (χ0) is 10.4. The van der Waals surface area contributed by atoms with Gasteiger partial charge in [0.1, 0.15) is 0 Å². The summed E-state index contributed by atoms with van der Waals surface area (Å²) in [6, 6.07) is 9.25. The van der Waals surface area contributed by atoms with E-state index in [2.05, 4.69) is 5.32 Å². The van der Waals surface area contributed by atoms with Gasteiger partial charge in [-0.05, 0) is 18.6 Å². The Morgan fingerprint density at radius 1 is 1.43 bits per heavy atom. The van der Waals surface area contributed by atoms with Crippen molar-refractivity contribution in [2.45, 2.75) is 13.0 Å². The van der Waals surface area contributed by atoms with Crippen molar-refractivity contribution in [3.63, 3.8) is 0 Å². The highest BCUT2D eigenvalue weighted by molar-refractivity contribution is 5.82. The van der Waals surface area contributed by atoms with E-state index in [0.717, 1.165) is 5.56 Å². The fourth-order valence-corrected chi connectivity index (χ4v) is 0.916. The number of nitrogens with one attached hydrogen (secondary N) is 1. The van der Waals surface area contributed by atoms with Gasteiger partial charge in [0.2, 0.25) is 5.91 Å². The van der Waals surface area contributed by atoms with Crippen LogP contribution in [-0.4, -0.2) is 11.9 Å². The lowest BCUT2D eigenvalue weighted by Crippen LogP contribution is -2.35. The number of rotatable bonds is 3. The van der Waals surface area contributed by atoms with Gasteiger partial charge in [0, 0.05) is 6.20 Å². The number of hydrogen-bond donors (Lipinski definition) is 2. The second-order valence-corrected chi connectivity index (χ2v) is 3.04. The molecular formula is C11H14N2O. The first kappa shape index (κ1) is 10.5. The van der Waals surface area contributed by atoms with Crippen LogP contribution in [-0.2, 0) is 4.79 Å². The summed E-state index contributed by atoms with van der Waals surface area (Å²) in [7, 11) is 0. The maximum Gasteiger partial charge on any atom is 0.240 e. The average molecular weight is 190 g/mol. The third kappa shape index (κ3) is 3.41. The van der Waals surface area contributed by atoms with E-state index in [-0.39, 0.29) is 5.91 Å². The third-order valence-corrected chi connectivity index (χ3v) is 1.71. The van der Waals surface area contributed by atoms with Gasteiger partial charge in [-0.3, -0.25) is 4.79 Å². The number of amides is 1. The minimum atomic E-state index is -0.476. The van der Waals surface area contributed by atoms with Crippen LogP contribution in [0.5, 0.6) is 0 Å². The van der Waals surface area contributed by atoms with Crippen LogP contribution >= 0.6 is 0 Å². The Morgan fingerprint density at radius 3 is 2.64 bits per heavy atom. The lowest BCUT2D eigenvalue weighted by atomic mass is 10.2. The lowest BCUT2D eigenvalue weighted by Gasteiger charge is -2.01. The second-order valence-electron chi connectivity index (χ2n) is 3.04. The predicted molar refractivity (Wildman–Crippen MR) is 57.3 cm³/mol. The monoisotopic (exact) mass is 190 g/mol. The fourth-order valence-electron chi connectivity index (χ4n) is 0.916. The van der Waals surface area contributed by atoms with E-state index in [1.54, 1.807) is 13.1 Å². The highest BCUT2D eigenvalue weighted by atomic mass is 16.2. The van der Waals surface area contributed by atoms with Gasteiger partial charge >= 0.3 is 0 Å². The molecule has 1 amide bonds. The van der Waals surface area contributed by atoms with E-state index in [1.165, 1.54) is 0 Å². The van der Waals surface area contributed by atoms with Gasteiger partial charge < -0.3 is 11.1 Å². The molecule has 0 fully saturated rings. The third-order valence-electron chi connectivity index (χ3n) is 1.71. The molecule has 1 unspecified atom stereocenters. The lowest BCUT2D eigenvalue weighted by molar-refractivity contribution is -0.121. The van der Waals surface area contributed by atoms with Crippen LogP contribution in [0.1, 0.15) is 12.5 Å². The second kappa shape index (κ2) is 5.19. The van der Waals surface area contributed by atoms with Gasteiger partial charge in [0.05, 0.1) is 6.04 Å². The minimum Gasteiger partial charge on any atom is -0.331 e. The molecule has 3 nitrogen and oxygen atoms in total. The van der Waals surface area contributed by atoms with Crippen molar-refractivity contribution < 1.29 is 4.79 Å². The molecule has 1 aromatic carbocycles. The molecule has 0 heterocycles. The molecule has 0 aromatic heterocycles. The summed E-state index contributed by atoms with van der Waals surface area (Å²) in [4.78, 5) is 11.0. The Kier molecular flexibility index (Phi) is 3.88. The Balaban J connectivity index is 2.46. The van der Waals surface area contributed by atoms with Gasteiger partial charge in [0.25, 0.3) is 0 Å². The van der Waals surface area contributed by atoms with Gasteiger partial charge in [-0.15, -0.1) is 0 Å². The topological polar surface area (TPSA) is 55.1 Å². The highest BCUT2D eigenvalue weighted by Crippen LogP contribution is 1.99. The summed E-state index contributed by atoms with van der Waals surface area (Å²) in [5.41, 5.74) is 6.41. The molecule has 1 atom stereocenters. The molecule has 0 radical (unpaired) electrons. The van der Waals surface area contributed by atoms with E-state index >= 15 is 0 Å². The van der Waals surface area contributed by atoms with Gasteiger partial charge in [-0.1, -0.05) is 30.3 Å². The Hall–Kier alpha value is -1.61. The zero-order valence-electron chi connectivity index (χ0n) is 8.10. The maximum absolute atomic E-state index is 11.0. The van der Waals surface area contributed by atoms with Gasteiger partial charge in [0.15, 0.2) is 0 Å². The Labute approximate surface area is 83.6 Å². The average Bonchev–Trinajstić information content (AvgIpc) is 2.19. The van der Waals surface area contributed by atoms with Crippen molar-refractivity contribution in [3.8, 4) is 0 Å². The van der Waals surface area contributed by atoms with Crippen molar-refractivity contribution in [2.24, 2.45) is 5.73 Å². The standard InChI is InChI=1S/C11H14N2O/c1-9(12)11(14)13-8-7-10-5-3-2-4-6-10/h2-9H,12H2,1H3,(H,13,14). The molecule has 0 aliphatic carbocycles. The molecule has 0 saturated carbocycles. The minimum absolute atomic E-state index is 0.183. The normalized spacial score (nSPS) is 12.7. The van der Waals surface area contributed by atoms with Crippen LogP contribution in [0.25, 0.3) is 6.08 Å². The summed E-state index contributed by atoms with van der Waals surface area (Å²) >= 11 is 0. The highest BCUT2D eigenvalue weighted by Gasteiger charge is 2.02. The number of nitrogens with two attached hydrogens (primary N) is 1. The molecule has 0 saturated heterocycles. The van der Waals surface area contributed by atoms with Crippen molar-refractivity contribution in [1.29, 1.82) is 0 Å². The number of carbonyl (C=O) groups excluding carboxylic acids is 1. The zero-order valence-corrected chi connectivity index (χ0v) is 8.10. The SMILES string of the molecule is CC(N)C(=O)NC=Cc1ccccc1. The smallest absolute Gasteiger partial charge is 0.240 e. The molecule has 3 heteroatoms. The van der Waals surface area contributed by atoms with Crippen LogP contribution < -0.4 is 11.1 Å².